The molecule has 1 rings (SSSR count). The molecule has 0 aliphatic carbocycles. The molecule has 0 heterocycles. The highest BCUT2D eigenvalue weighted by Gasteiger charge is 2.11. The van der Waals surface area contributed by atoms with E-state index in [1.165, 1.54) is 0 Å². The molecule has 0 aliphatic heterocycles. The highest BCUT2D eigenvalue weighted by molar-refractivity contribution is 9.10. The fourth-order valence-electron chi connectivity index (χ4n) is 1.69. The van der Waals surface area contributed by atoms with Crippen LogP contribution in [0.3, 0.4) is 0 Å². The third-order valence-electron chi connectivity index (χ3n) is 2.72. The summed E-state index contributed by atoms with van der Waals surface area (Å²) in [7, 11) is 0. The minimum atomic E-state index is 0.471. The molecule has 0 aromatic heterocycles. The van der Waals surface area contributed by atoms with Gasteiger partial charge in [-0.1, -0.05) is 13.3 Å². The van der Waals surface area contributed by atoms with Crippen LogP contribution in [0.4, 0.5) is 0 Å². The van der Waals surface area contributed by atoms with Crippen LogP contribution >= 0.6 is 15.9 Å². The summed E-state index contributed by atoms with van der Waals surface area (Å²) in [6.45, 7) is 7.01. The molecule has 20 heavy (non-hydrogen) atoms. The summed E-state index contributed by atoms with van der Waals surface area (Å²) in [5.41, 5.74) is 6.67. The van der Waals surface area contributed by atoms with E-state index in [0.29, 0.717) is 32.1 Å². The van der Waals surface area contributed by atoms with Gasteiger partial charge in [0, 0.05) is 13.2 Å². The Morgan fingerprint density at radius 2 is 1.90 bits per heavy atom. The molecule has 5 heteroatoms. The van der Waals surface area contributed by atoms with Crippen molar-refractivity contribution in [3.8, 4) is 11.5 Å². The molecule has 0 fully saturated rings. The highest BCUT2D eigenvalue weighted by Crippen LogP contribution is 2.36. The second-order valence-electron chi connectivity index (χ2n) is 4.36. The van der Waals surface area contributed by atoms with Crippen molar-refractivity contribution in [2.24, 2.45) is 5.73 Å². The SMILES string of the molecule is CCCCOCCOc1c(Br)cc(CN)cc1OCC. The first-order valence-corrected chi connectivity index (χ1v) is 7.88. The number of hydrogen-bond donors (Lipinski definition) is 1. The summed E-state index contributed by atoms with van der Waals surface area (Å²) in [4.78, 5) is 0. The molecule has 2 N–H and O–H groups in total. The van der Waals surface area contributed by atoms with Crippen molar-refractivity contribution in [2.45, 2.75) is 33.2 Å². The van der Waals surface area contributed by atoms with Gasteiger partial charge in [0.2, 0.25) is 0 Å². The van der Waals surface area contributed by atoms with Gasteiger partial charge >= 0.3 is 0 Å². The van der Waals surface area contributed by atoms with Crippen LogP contribution in [0.1, 0.15) is 32.3 Å². The molecule has 0 radical (unpaired) electrons. The van der Waals surface area contributed by atoms with Gasteiger partial charge in [-0.15, -0.1) is 0 Å². The maximum atomic E-state index is 5.76. The van der Waals surface area contributed by atoms with E-state index in [1.807, 2.05) is 19.1 Å². The van der Waals surface area contributed by atoms with Crippen LogP contribution in [0, 0.1) is 0 Å². The van der Waals surface area contributed by atoms with Gasteiger partial charge in [0.25, 0.3) is 0 Å². The summed E-state index contributed by atoms with van der Waals surface area (Å²) in [6, 6.07) is 3.87. The number of halogens is 1. The zero-order valence-electron chi connectivity index (χ0n) is 12.3. The van der Waals surface area contributed by atoms with E-state index in [1.54, 1.807) is 0 Å². The van der Waals surface area contributed by atoms with Crippen LogP contribution in [0.2, 0.25) is 0 Å². The minimum absolute atomic E-state index is 0.471. The lowest BCUT2D eigenvalue weighted by atomic mass is 10.2. The molecule has 0 aliphatic rings. The normalized spacial score (nSPS) is 10.6. The first kappa shape index (κ1) is 17.3. The Bertz CT molecular complexity index is 399. The van der Waals surface area contributed by atoms with Crippen molar-refractivity contribution >= 4 is 15.9 Å². The van der Waals surface area contributed by atoms with Crippen LogP contribution in [0.5, 0.6) is 11.5 Å². The molecule has 0 amide bonds. The van der Waals surface area contributed by atoms with E-state index in [4.69, 9.17) is 19.9 Å². The molecule has 0 saturated heterocycles. The van der Waals surface area contributed by atoms with Gasteiger partial charge in [0.15, 0.2) is 11.5 Å². The molecular weight excluding hydrogens is 322 g/mol. The van der Waals surface area contributed by atoms with Gasteiger partial charge in [-0.3, -0.25) is 0 Å². The number of benzene rings is 1. The molecule has 0 bridgehead atoms. The summed E-state index contributed by atoms with van der Waals surface area (Å²) in [5.74, 6) is 1.43. The Morgan fingerprint density at radius 3 is 2.55 bits per heavy atom. The summed E-state index contributed by atoms with van der Waals surface area (Å²) >= 11 is 3.50. The number of nitrogens with two attached hydrogens (primary N) is 1. The monoisotopic (exact) mass is 345 g/mol. The third kappa shape index (κ3) is 5.69. The Kier molecular flexibility index (Phi) is 8.65. The van der Waals surface area contributed by atoms with E-state index in [0.717, 1.165) is 35.2 Å². The highest BCUT2D eigenvalue weighted by atomic mass is 79.9. The number of hydrogen-bond acceptors (Lipinski definition) is 4. The summed E-state index contributed by atoms with van der Waals surface area (Å²) in [6.07, 6.45) is 2.22. The maximum absolute atomic E-state index is 5.76. The van der Waals surface area contributed by atoms with Crippen molar-refractivity contribution in [1.82, 2.24) is 0 Å². The fraction of sp³-hybridized carbons (Fsp3) is 0.600. The second-order valence-corrected chi connectivity index (χ2v) is 5.21. The minimum Gasteiger partial charge on any atom is -0.490 e. The lowest BCUT2D eigenvalue weighted by molar-refractivity contribution is 0.0964. The fourth-order valence-corrected chi connectivity index (χ4v) is 2.30. The predicted octanol–water partition coefficient (Wildman–Crippen LogP) is 3.50. The quantitative estimate of drug-likeness (QED) is 0.659. The van der Waals surface area contributed by atoms with Crippen LogP contribution < -0.4 is 15.2 Å². The van der Waals surface area contributed by atoms with Crippen molar-refractivity contribution in [3.63, 3.8) is 0 Å². The predicted molar refractivity (Wildman–Crippen MR) is 84.4 cm³/mol. The number of unbranched alkanes of at least 4 members (excludes halogenated alkanes) is 1. The average molecular weight is 346 g/mol. The number of rotatable bonds is 10. The maximum Gasteiger partial charge on any atom is 0.175 e. The second kappa shape index (κ2) is 10.0. The lowest BCUT2D eigenvalue weighted by Gasteiger charge is -2.15. The van der Waals surface area contributed by atoms with Gasteiger partial charge in [-0.25, -0.2) is 0 Å². The molecule has 1 aromatic carbocycles. The smallest absolute Gasteiger partial charge is 0.175 e. The van der Waals surface area contributed by atoms with Crippen molar-refractivity contribution in [1.29, 1.82) is 0 Å². The molecule has 0 saturated carbocycles. The van der Waals surface area contributed by atoms with E-state index in [-0.39, 0.29) is 0 Å². The molecule has 114 valence electrons. The van der Waals surface area contributed by atoms with Crippen LogP contribution in [0.15, 0.2) is 16.6 Å². The van der Waals surface area contributed by atoms with Crippen molar-refractivity contribution < 1.29 is 14.2 Å². The van der Waals surface area contributed by atoms with Gasteiger partial charge < -0.3 is 19.9 Å². The molecule has 0 unspecified atom stereocenters. The summed E-state index contributed by atoms with van der Waals surface area (Å²) in [5, 5.41) is 0. The molecule has 0 atom stereocenters. The van der Waals surface area contributed by atoms with Gasteiger partial charge in [-0.05, 0) is 47.0 Å². The Hall–Kier alpha value is -0.780. The Labute approximate surface area is 129 Å². The molecular formula is C15H24BrNO3. The lowest BCUT2D eigenvalue weighted by Crippen LogP contribution is -2.09. The largest absolute Gasteiger partial charge is 0.490 e. The van der Waals surface area contributed by atoms with Gasteiger partial charge in [0.05, 0.1) is 17.7 Å². The first-order chi connectivity index (χ1) is 9.72. The van der Waals surface area contributed by atoms with E-state index in [9.17, 15) is 0 Å². The third-order valence-corrected chi connectivity index (χ3v) is 3.31. The van der Waals surface area contributed by atoms with Crippen molar-refractivity contribution in [3.05, 3.63) is 22.2 Å². The van der Waals surface area contributed by atoms with E-state index >= 15 is 0 Å². The standard InChI is InChI=1S/C15H24BrNO3/c1-3-5-6-18-7-8-20-15-13(16)9-12(11-17)10-14(15)19-4-2/h9-10H,3-8,11,17H2,1-2H3. The van der Waals surface area contributed by atoms with Crippen LogP contribution in [-0.4, -0.2) is 26.4 Å². The average Bonchev–Trinajstić information content (AvgIpc) is 2.44. The zero-order valence-corrected chi connectivity index (χ0v) is 13.9. The van der Waals surface area contributed by atoms with Gasteiger partial charge in [0.1, 0.15) is 6.61 Å². The molecule has 4 nitrogen and oxygen atoms in total. The Balaban J connectivity index is 2.58. The topological polar surface area (TPSA) is 53.7 Å². The van der Waals surface area contributed by atoms with Crippen molar-refractivity contribution in [2.75, 3.05) is 26.4 Å². The first-order valence-electron chi connectivity index (χ1n) is 7.08. The Morgan fingerprint density at radius 1 is 1.10 bits per heavy atom. The van der Waals surface area contributed by atoms with Crippen LogP contribution in [0.25, 0.3) is 0 Å². The van der Waals surface area contributed by atoms with Gasteiger partial charge in [-0.2, -0.15) is 0 Å². The molecule has 0 spiro atoms. The zero-order chi connectivity index (χ0) is 14.8. The number of ether oxygens (including phenoxy) is 3. The summed E-state index contributed by atoms with van der Waals surface area (Å²) < 4.78 is 17.7. The van der Waals surface area contributed by atoms with E-state index in [2.05, 4.69) is 22.9 Å². The van der Waals surface area contributed by atoms with E-state index < -0.39 is 0 Å². The molecule has 1 aromatic rings. The van der Waals surface area contributed by atoms with Crippen LogP contribution in [-0.2, 0) is 11.3 Å².